The van der Waals surface area contributed by atoms with Gasteiger partial charge in [-0.3, -0.25) is 9.59 Å². The van der Waals surface area contributed by atoms with Gasteiger partial charge in [0.15, 0.2) is 0 Å². The molecule has 23 heavy (non-hydrogen) atoms. The lowest BCUT2D eigenvalue weighted by Gasteiger charge is -2.34. The molecule has 1 aliphatic carbocycles. The van der Waals surface area contributed by atoms with Gasteiger partial charge in [0.25, 0.3) is 0 Å². The average molecular weight is 316 g/mol. The van der Waals surface area contributed by atoms with Crippen LogP contribution in [0.15, 0.2) is 42.5 Å². The Kier molecular flexibility index (Phi) is 5.68. The summed E-state index contributed by atoms with van der Waals surface area (Å²) < 4.78 is 9.69. The first-order valence-electron chi connectivity index (χ1n) is 7.46. The van der Waals surface area contributed by atoms with Crippen molar-refractivity contribution in [2.24, 2.45) is 17.8 Å². The highest BCUT2D eigenvalue weighted by molar-refractivity contribution is 5.84. The van der Waals surface area contributed by atoms with Gasteiger partial charge in [-0.25, -0.2) is 0 Å². The van der Waals surface area contributed by atoms with E-state index < -0.39 is 35.6 Å². The van der Waals surface area contributed by atoms with Gasteiger partial charge in [0, 0.05) is 11.8 Å². The van der Waals surface area contributed by atoms with Gasteiger partial charge in [-0.1, -0.05) is 42.5 Å². The van der Waals surface area contributed by atoms with Crippen molar-refractivity contribution in [2.45, 2.75) is 12.3 Å². The summed E-state index contributed by atoms with van der Waals surface area (Å²) in [7, 11) is 2.57. The molecule has 0 aliphatic heterocycles. The number of benzene rings is 1. The van der Waals surface area contributed by atoms with Gasteiger partial charge in [-0.15, -0.1) is 0 Å². The van der Waals surface area contributed by atoms with E-state index in [2.05, 4.69) is 0 Å². The molecule has 0 saturated heterocycles. The van der Waals surface area contributed by atoms with Crippen LogP contribution in [0.1, 0.15) is 17.9 Å². The van der Waals surface area contributed by atoms with E-state index in [1.807, 2.05) is 42.5 Å². The first-order valence-corrected chi connectivity index (χ1v) is 7.46. The van der Waals surface area contributed by atoms with Gasteiger partial charge in [0.05, 0.1) is 26.1 Å². The minimum absolute atomic E-state index is 0.392. The summed E-state index contributed by atoms with van der Waals surface area (Å²) >= 11 is 0. The molecular formula is C18H20O5. The third kappa shape index (κ3) is 3.50. The predicted molar refractivity (Wildman–Crippen MR) is 83.5 cm³/mol. The highest BCUT2D eigenvalue weighted by Crippen LogP contribution is 2.39. The maximum absolute atomic E-state index is 12.3. The van der Waals surface area contributed by atoms with E-state index in [1.165, 1.54) is 14.2 Å². The minimum atomic E-state index is -0.743. The molecule has 0 bridgehead atoms. The van der Waals surface area contributed by atoms with E-state index >= 15 is 0 Å². The van der Waals surface area contributed by atoms with Crippen LogP contribution in [-0.4, -0.2) is 32.4 Å². The highest BCUT2D eigenvalue weighted by atomic mass is 16.5. The molecule has 0 N–H and O–H groups in total. The van der Waals surface area contributed by atoms with E-state index in [4.69, 9.17) is 9.47 Å². The zero-order chi connectivity index (χ0) is 16.8. The lowest BCUT2D eigenvalue weighted by molar-refractivity contribution is -0.160. The van der Waals surface area contributed by atoms with Crippen LogP contribution in [0.3, 0.4) is 0 Å². The van der Waals surface area contributed by atoms with E-state index in [0.717, 1.165) is 11.8 Å². The van der Waals surface area contributed by atoms with Crippen molar-refractivity contribution < 1.29 is 23.9 Å². The summed E-state index contributed by atoms with van der Waals surface area (Å²) in [6, 6.07) is 9.20. The van der Waals surface area contributed by atoms with Crippen molar-refractivity contribution in [3.8, 4) is 0 Å². The van der Waals surface area contributed by atoms with Crippen molar-refractivity contribution in [1.29, 1.82) is 0 Å². The number of aldehydes is 1. The first kappa shape index (κ1) is 16.9. The molecule has 2 rings (SSSR count). The van der Waals surface area contributed by atoms with Crippen LogP contribution in [0.2, 0.25) is 0 Å². The topological polar surface area (TPSA) is 69.7 Å². The molecule has 122 valence electrons. The Morgan fingerprint density at radius 3 is 2.35 bits per heavy atom. The largest absolute Gasteiger partial charge is 0.469 e. The normalized spacial score (nSPS) is 24.5. The summed E-state index contributed by atoms with van der Waals surface area (Å²) in [6.45, 7) is 0. The second-order valence-electron chi connectivity index (χ2n) is 5.49. The summed E-state index contributed by atoms with van der Waals surface area (Å²) in [4.78, 5) is 36.0. The number of carbonyl (C=O) groups is 3. The van der Waals surface area contributed by atoms with Crippen LogP contribution in [-0.2, 0) is 23.9 Å². The molecule has 4 atom stereocenters. The van der Waals surface area contributed by atoms with E-state index in [-0.39, 0.29) is 0 Å². The number of hydrogen-bond donors (Lipinski definition) is 0. The van der Waals surface area contributed by atoms with E-state index in [9.17, 15) is 14.4 Å². The first-order chi connectivity index (χ1) is 11.1. The quantitative estimate of drug-likeness (QED) is 0.473. The monoisotopic (exact) mass is 316 g/mol. The molecule has 0 amide bonds. The lowest BCUT2D eigenvalue weighted by Crippen LogP contribution is -2.40. The Hall–Kier alpha value is -2.43. The molecule has 5 nitrogen and oxygen atoms in total. The summed E-state index contributed by atoms with van der Waals surface area (Å²) in [5, 5.41) is 0. The van der Waals surface area contributed by atoms with Crippen LogP contribution in [0.25, 0.3) is 0 Å². The maximum Gasteiger partial charge on any atom is 0.310 e. The molecule has 2 unspecified atom stereocenters. The third-order valence-corrected chi connectivity index (χ3v) is 4.32. The van der Waals surface area contributed by atoms with Gasteiger partial charge in [0.2, 0.25) is 0 Å². The molecule has 1 aliphatic rings. The van der Waals surface area contributed by atoms with Gasteiger partial charge < -0.3 is 14.3 Å². The van der Waals surface area contributed by atoms with Crippen molar-refractivity contribution >= 4 is 18.2 Å². The Morgan fingerprint density at radius 1 is 1.13 bits per heavy atom. The molecule has 1 aromatic rings. The van der Waals surface area contributed by atoms with Gasteiger partial charge in [-0.05, 0) is 12.0 Å². The molecule has 0 heterocycles. The molecule has 0 radical (unpaired) electrons. The van der Waals surface area contributed by atoms with Gasteiger partial charge >= 0.3 is 11.9 Å². The molecule has 1 aromatic carbocycles. The smallest absolute Gasteiger partial charge is 0.310 e. The standard InChI is InChI=1S/C18H20O5/c1-22-17(20)14-10-6-9-13(16(14)18(21)23-2)15(11-19)12-7-4-3-5-8-12/h3-9,11,13-16H,10H2,1-2H3/t13?,14-,15?,16-/m1/s1. The van der Waals surface area contributed by atoms with Crippen LogP contribution in [0, 0.1) is 17.8 Å². The fourth-order valence-electron chi connectivity index (χ4n) is 3.18. The average Bonchev–Trinajstić information content (AvgIpc) is 2.61. The molecule has 0 fully saturated rings. The van der Waals surface area contributed by atoms with Crippen molar-refractivity contribution in [3.05, 3.63) is 48.0 Å². The van der Waals surface area contributed by atoms with Crippen molar-refractivity contribution in [3.63, 3.8) is 0 Å². The Labute approximate surface area is 135 Å². The van der Waals surface area contributed by atoms with Gasteiger partial charge in [-0.2, -0.15) is 0 Å². The minimum Gasteiger partial charge on any atom is -0.469 e. The number of esters is 2. The highest BCUT2D eigenvalue weighted by Gasteiger charge is 2.44. The molecule has 0 saturated carbocycles. The molecular weight excluding hydrogens is 296 g/mol. The number of ether oxygens (including phenoxy) is 2. The number of methoxy groups -OCH3 is 2. The zero-order valence-corrected chi connectivity index (χ0v) is 13.2. The van der Waals surface area contributed by atoms with Gasteiger partial charge in [0.1, 0.15) is 6.29 Å². The number of carbonyl (C=O) groups excluding carboxylic acids is 3. The predicted octanol–water partition coefficient (Wildman–Crippen LogP) is 2.12. The van der Waals surface area contributed by atoms with Crippen molar-refractivity contribution in [1.82, 2.24) is 0 Å². The maximum atomic E-state index is 12.3. The molecule has 0 spiro atoms. The SMILES string of the molecule is COC(=O)[C@@H]1C(C(C=O)c2ccccc2)C=CC[C@H]1C(=O)OC. The summed E-state index contributed by atoms with van der Waals surface area (Å²) in [6.07, 6.45) is 4.86. The van der Waals surface area contributed by atoms with E-state index in [0.29, 0.717) is 6.42 Å². The van der Waals surface area contributed by atoms with Crippen molar-refractivity contribution in [2.75, 3.05) is 14.2 Å². The Balaban J connectivity index is 2.42. The molecule has 0 aromatic heterocycles. The molecule has 5 heteroatoms. The number of hydrogen-bond acceptors (Lipinski definition) is 5. The number of allylic oxidation sites excluding steroid dienone is 2. The zero-order valence-electron chi connectivity index (χ0n) is 13.2. The second kappa shape index (κ2) is 7.72. The lowest BCUT2D eigenvalue weighted by atomic mass is 9.69. The second-order valence-corrected chi connectivity index (χ2v) is 5.49. The van der Waals surface area contributed by atoms with Crippen LogP contribution < -0.4 is 0 Å². The Morgan fingerprint density at radius 2 is 1.78 bits per heavy atom. The number of rotatable bonds is 5. The summed E-state index contributed by atoms with van der Waals surface area (Å²) in [5.41, 5.74) is 0.802. The van der Waals surface area contributed by atoms with Crippen LogP contribution in [0.5, 0.6) is 0 Å². The van der Waals surface area contributed by atoms with Crippen LogP contribution in [0.4, 0.5) is 0 Å². The third-order valence-electron chi connectivity index (χ3n) is 4.32. The Bertz CT molecular complexity index is 593. The van der Waals surface area contributed by atoms with E-state index in [1.54, 1.807) is 0 Å². The summed E-state index contributed by atoms with van der Waals surface area (Å²) in [5.74, 6) is -3.32. The fourth-order valence-corrected chi connectivity index (χ4v) is 3.18. The van der Waals surface area contributed by atoms with Crippen LogP contribution >= 0.6 is 0 Å². The fraction of sp³-hybridized carbons (Fsp3) is 0.389.